The van der Waals surface area contributed by atoms with Gasteiger partial charge < -0.3 is 9.53 Å². The van der Waals surface area contributed by atoms with E-state index in [4.69, 9.17) is 9.53 Å². The first-order chi connectivity index (χ1) is 7.15. The van der Waals surface area contributed by atoms with Crippen LogP contribution < -0.4 is 0 Å². The van der Waals surface area contributed by atoms with Crippen LogP contribution in [0.2, 0.25) is 18.1 Å². The number of aliphatic carboxylic acids is 1. The number of hydrogen-bond acceptors (Lipinski definition) is 2. The molecule has 0 fully saturated rings. The maximum absolute atomic E-state index is 11.0. The molecule has 92 valence electrons. The summed E-state index contributed by atoms with van der Waals surface area (Å²) in [6.07, 6.45) is 3.23. The van der Waals surface area contributed by atoms with Gasteiger partial charge in [-0.15, -0.1) is 0 Å². The Balaban J connectivity index is 2.76. The van der Waals surface area contributed by atoms with Gasteiger partial charge in [0.15, 0.2) is 8.32 Å². The van der Waals surface area contributed by atoms with Crippen LogP contribution in [-0.2, 0) is 9.22 Å². The van der Waals surface area contributed by atoms with Crippen molar-refractivity contribution >= 4 is 14.3 Å². The zero-order valence-corrected chi connectivity index (χ0v) is 11.8. The maximum atomic E-state index is 11.0. The number of carboxylic acids is 1. The second kappa shape index (κ2) is 4.34. The van der Waals surface area contributed by atoms with Gasteiger partial charge in [-0.1, -0.05) is 26.8 Å². The van der Waals surface area contributed by atoms with Gasteiger partial charge in [0.05, 0.1) is 11.7 Å². The zero-order chi connectivity index (χ0) is 12.6. The highest BCUT2D eigenvalue weighted by molar-refractivity contribution is 6.74. The predicted octanol–water partition coefficient (Wildman–Crippen LogP) is 3.18. The Bertz CT molecular complexity index is 313. The molecule has 3 nitrogen and oxygen atoms in total. The van der Waals surface area contributed by atoms with E-state index in [2.05, 4.69) is 33.9 Å². The van der Waals surface area contributed by atoms with Crippen LogP contribution in [-0.4, -0.2) is 25.5 Å². The molecule has 1 unspecified atom stereocenters. The summed E-state index contributed by atoms with van der Waals surface area (Å²) in [5.74, 6) is -0.832. The third kappa shape index (κ3) is 2.74. The molecule has 0 aromatic rings. The van der Waals surface area contributed by atoms with Crippen LogP contribution in [0.25, 0.3) is 0 Å². The molecule has 1 atom stereocenters. The summed E-state index contributed by atoms with van der Waals surface area (Å²) >= 11 is 0. The summed E-state index contributed by atoms with van der Waals surface area (Å²) in [6, 6.07) is 0. The van der Waals surface area contributed by atoms with Crippen molar-refractivity contribution in [1.29, 1.82) is 0 Å². The first-order valence-electron chi connectivity index (χ1n) is 5.76. The van der Waals surface area contributed by atoms with Gasteiger partial charge in [-0.2, -0.15) is 0 Å². The van der Waals surface area contributed by atoms with E-state index in [9.17, 15) is 4.79 Å². The van der Waals surface area contributed by atoms with Crippen molar-refractivity contribution in [2.24, 2.45) is 0 Å². The van der Waals surface area contributed by atoms with E-state index in [0.717, 1.165) is 12.8 Å². The predicted molar refractivity (Wildman–Crippen MR) is 67.0 cm³/mol. The Kier molecular flexibility index (Phi) is 3.64. The van der Waals surface area contributed by atoms with Gasteiger partial charge in [-0.3, -0.25) is 0 Å². The van der Waals surface area contributed by atoms with Crippen molar-refractivity contribution in [1.82, 2.24) is 0 Å². The molecule has 0 aromatic carbocycles. The van der Waals surface area contributed by atoms with Gasteiger partial charge in [0.2, 0.25) is 0 Å². The lowest BCUT2D eigenvalue weighted by Gasteiger charge is -2.38. The van der Waals surface area contributed by atoms with Gasteiger partial charge in [-0.05, 0) is 31.0 Å². The summed E-state index contributed by atoms with van der Waals surface area (Å²) < 4.78 is 6.13. The highest BCUT2D eigenvalue weighted by Gasteiger charge is 2.41. The van der Waals surface area contributed by atoms with Gasteiger partial charge in [-0.25, -0.2) is 4.79 Å². The molecule has 0 amide bonds. The maximum Gasteiger partial charge on any atom is 0.333 e. The Hall–Kier alpha value is -0.613. The van der Waals surface area contributed by atoms with Crippen molar-refractivity contribution in [3.8, 4) is 0 Å². The lowest BCUT2D eigenvalue weighted by Crippen LogP contribution is -2.44. The van der Waals surface area contributed by atoms with E-state index in [1.54, 1.807) is 6.08 Å². The van der Waals surface area contributed by atoms with E-state index >= 15 is 0 Å². The van der Waals surface area contributed by atoms with Gasteiger partial charge in [0.1, 0.15) is 0 Å². The largest absolute Gasteiger partial charge is 0.478 e. The van der Waals surface area contributed by atoms with Crippen LogP contribution >= 0.6 is 0 Å². The Morgan fingerprint density at radius 1 is 1.50 bits per heavy atom. The zero-order valence-electron chi connectivity index (χ0n) is 10.8. The lowest BCUT2D eigenvalue weighted by molar-refractivity contribution is -0.133. The highest BCUT2D eigenvalue weighted by atomic mass is 28.4. The summed E-state index contributed by atoms with van der Waals surface area (Å²) in [5.41, 5.74) is 0.449. The number of rotatable bonds is 3. The molecular weight excluding hydrogens is 220 g/mol. The van der Waals surface area contributed by atoms with Crippen molar-refractivity contribution in [2.45, 2.75) is 57.8 Å². The molecule has 0 saturated heterocycles. The first-order valence-corrected chi connectivity index (χ1v) is 8.67. The minimum atomic E-state index is -1.86. The Morgan fingerprint density at radius 3 is 2.50 bits per heavy atom. The topological polar surface area (TPSA) is 46.5 Å². The molecule has 1 aliphatic carbocycles. The number of allylic oxidation sites excluding steroid dienone is 1. The van der Waals surface area contributed by atoms with Crippen molar-refractivity contribution in [2.75, 3.05) is 0 Å². The van der Waals surface area contributed by atoms with E-state index in [1.165, 1.54) is 0 Å². The molecule has 0 radical (unpaired) electrons. The molecule has 0 spiro atoms. The fourth-order valence-electron chi connectivity index (χ4n) is 1.56. The monoisotopic (exact) mass is 242 g/mol. The van der Waals surface area contributed by atoms with Gasteiger partial charge in [0.25, 0.3) is 0 Å². The number of carboxylic acid groups (broad SMARTS) is 1. The van der Waals surface area contributed by atoms with E-state index in [1.807, 2.05) is 0 Å². The van der Waals surface area contributed by atoms with E-state index in [-0.39, 0.29) is 11.1 Å². The quantitative estimate of drug-likeness (QED) is 0.773. The van der Waals surface area contributed by atoms with Crippen LogP contribution in [0.1, 0.15) is 33.6 Å². The molecule has 1 aliphatic rings. The van der Waals surface area contributed by atoms with Crippen LogP contribution in [0.4, 0.5) is 0 Å². The van der Waals surface area contributed by atoms with Crippen LogP contribution in [0, 0.1) is 0 Å². The molecule has 1 rings (SSSR count). The SMILES string of the molecule is CC(C)(C)[Si](C)(C)OC1CCC=C1C(=O)O. The summed E-state index contributed by atoms with van der Waals surface area (Å²) in [4.78, 5) is 11.0. The molecule has 0 aliphatic heterocycles. The average molecular weight is 242 g/mol. The molecule has 0 bridgehead atoms. The normalized spacial score (nSPS) is 22.1. The lowest BCUT2D eigenvalue weighted by atomic mass is 10.2. The molecule has 16 heavy (non-hydrogen) atoms. The molecule has 0 heterocycles. The minimum Gasteiger partial charge on any atom is -0.478 e. The van der Waals surface area contributed by atoms with Gasteiger partial charge in [0, 0.05) is 0 Å². The average Bonchev–Trinajstić information content (AvgIpc) is 2.49. The van der Waals surface area contributed by atoms with E-state index in [0.29, 0.717) is 5.57 Å². The fraction of sp³-hybridized carbons (Fsp3) is 0.750. The van der Waals surface area contributed by atoms with Crippen LogP contribution in [0.3, 0.4) is 0 Å². The van der Waals surface area contributed by atoms with E-state index < -0.39 is 14.3 Å². The number of carbonyl (C=O) groups is 1. The third-order valence-corrected chi connectivity index (χ3v) is 8.12. The molecule has 0 aromatic heterocycles. The Morgan fingerprint density at radius 2 is 2.06 bits per heavy atom. The fourth-order valence-corrected chi connectivity index (χ4v) is 2.87. The Labute approximate surface area is 98.6 Å². The molecule has 4 heteroatoms. The number of hydrogen-bond donors (Lipinski definition) is 1. The minimum absolute atomic E-state index is 0.124. The summed E-state index contributed by atoms with van der Waals surface area (Å²) in [6.45, 7) is 10.8. The molecule has 0 saturated carbocycles. The molecule has 1 N–H and O–H groups in total. The standard InChI is InChI=1S/C12H22O3Si/c1-12(2,3)16(4,5)15-10-8-6-7-9(10)11(13)14/h7,10H,6,8H2,1-5H3,(H,13,14). The van der Waals surface area contributed by atoms with Crippen LogP contribution in [0.5, 0.6) is 0 Å². The summed E-state index contributed by atoms with van der Waals surface area (Å²) in [5, 5.41) is 9.17. The summed E-state index contributed by atoms with van der Waals surface area (Å²) in [7, 11) is -1.86. The van der Waals surface area contributed by atoms with Crippen LogP contribution in [0.15, 0.2) is 11.6 Å². The van der Waals surface area contributed by atoms with Crippen molar-refractivity contribution < 1.29 is 14.3 Å². The van der Waals surface area contributed by atoms with Gasteiger partial charge >= 0.3 is 5.97 Å². The van der Waals surface area contributed by atoms with Crippen molar-refractivity contribution in [3.05, 3.63) is 11.6 Å². The van der Waals surface area contributed by atoms with Crippen molar-refractivity contribution in [3.63, 3.8) is 0 Å². The first kappa shape index (κ1) is 13.5. The molecular formula is C12H22O3Si. The smallest absolute Gasteiger partial charge is 0.333 e. The second-order valence-electron chi connectivity index (χ2n) is 5.91. The second-order valence-corrected chi connectivity index (χ2v) is 10.7. The third-order valence-electron chi connectivity index (χ3n) is 3.63. The highest BCUT2D eigenvalue weighted by Crippen LogP contribution is 2.39.